The molecule has 2 aromatic heterocycles. The highest BCUT2D eigenvalue weighted by Gasteiger charge is 2.43. The maximum absolute atomic E-state index is 5.92. The Balaban J connectivity index is 1.35. The summed E-state index contributed by atoms with van der Waals surface area (Å²) >= 11 is 0. The molecule has 140 valence electrons. The number of hydrogen-bond donors (Lipinski definition) is 0. The van der Waals surface area contributed by atoms with Crippen LogP contribution in [-0.4, -0.2) is 47.8 Å². The van der Waals surface area contributed by atoms with Gasteiger partial charge in [0.25, 0.3) is 0 Å². The molecule has 2 aliphatic heterocycles. The lowest BCUT2D eigenvalue weighted by molar-refractivity contribution is -0.0872. The molecule has 0 bridgehead atoms. The number of rotatable bonds is 5. The van der Waals surface area contributed by atoms with Crippen LogP contribution in [0.1, 0.15) is 30.8 Å². The zero-order valence-electron chi connectivity index (χ0n) is 15.4. The van der Waals surface area contributed by atoms with Gasteiger partial charge < -0.3 is 13.9 Å². The second-order valence-electron chi connectivity index (χ2n) is 7.53. The number of furan rings is 1. The molecule has 1 spiro atoms. The fourth-order valence-corrected chi connectivity index (χ4v) is 4.26. The largest absolute Gasteiger partial charge is 0.476 e. The van der Waals surface area contributed by atoms with Crippen LogP contribution in [0, 0.1) is 18.3 Å². The molecule has 4 rings (SSSR count). The maximum atomic E-state index is 5.92. The smallest absolute Gasteiger partial charge is 0.232 e. The Hall–Kier alpha value is -1.92. The second-order valence-corrected chi connectivity index (χ2v) is 7.53. The van der Waals surface area contributed by atoms with Gasteiger partial charge in [-0.25, -0.2) is 4.98 Å². The van der Waals surface area contributed by atoms with Crippen LogP contribution in [-0.2, 0) is 11.3 Å². The van der Waals surface area contributed by atoms with E-state index in [2.05, 4.69) is 20.9 Å². The number of nitrogens with zero attached hydrogens (tertiary/aromatic N) is 3. The van der Waals surface area contributed by atoms with Crippen molar-refractivity contribution in [2.45, 2.75) is 32.7 Å². The van der Waals surface area contributed by atoms with E-state index in [1.54, 1.807) is 18.6 Å². The lowest BCUT2D eigenvalue weighted by Gasteiger charge is -2.48. The minimum Gasteiger partial charge on any atom is -0.476 e. The number of ether oxygens (including phenoxy) is 2. The summed E-state index contributed by atoms with van der Waals surface area (Å²) in [6.45, 7) is 7.38. The van der Waals surface area contributed by atoms with Crippen LogP contribution in [0.15, 0.2) is 35.1 Å². The first-order valence-corrected chi connectivity index (χ1v) is 9.48. The monoisotopic (exact) mass is 357 g/mol. The van der Waals surface area contributed by atoms with E-state index in [1.807, 2.05) is 13.0 Å². The van der Waals surface area contributed by atoms with E-state index in [0.717, 1.165) is 50.8 Å². The molecular weight excluding hydrogens is 330 g/mol. The van der Waals surface area contributed by atoms with Gasteiger partial charge in [0.15, 0.2) is 0 Å². The van der Waals surface area contributed by atoms with Gasteiger partial charge in [-0.15, -0.1) is 0 Å². The van der Waals surface area contributed by atoms with E-state index in [9.17, 15) is 0 Å². The van der Waals surface area contributed by atoms with Gasteiger partial charge in [0.05, 0.1) is 26.0 Å². The summed E-state index contributed by atoms with van der Waals surface area (Å²) in [5.41, 5.74) is 0.316. The van der Waals surface area contributed by atoms with Gasteiger partial charge in [-0.3, -0.25) is 9.88 Å². The van der Waals surface area contributed by atoms with Gasteiger partial charge in [0, 0.05) is 24.9 Å². The average molecular weight is 357 g/mol. The fourth-order valence-electron chi connectivity index (χ4n) is 4.26. The molecule has 26 heavy (non-hydrogen) atoms. The molecule has 1 unspecified atom stereocenters. The number of hydrogen-bond acceptors (Lipinski definition) is 6. The van der Waals surface area contributed by atoms with Gasteiger partial charge in [-0.1, -0.05) is 0 Å². The van der Waals surface area contributed by atoms with Gasteiger partial charge in [0.1, 0.15) is 11.5 Å². The summed E-state index contributed by atoms with van der Waals surface area (Å²) in [6, 6.07) is 4.13. The van der Waals surface area contributed by atoms with Crippen LogP contribution in [0.5, 0.6) is 5.88 Å². The quantitative estimate of drug-likeness (QED) is 0.820. The van der Waals surface area contributed by atoms with Gasteiger partial charge >= 0.3 is 0 Å². The van der Waals surface area contributed by atoms with Crippen LogP contribution in [0.25, 0.3) is 0 Å². The first-order chi connectivity index (χ1) is 12.7. The normalized spacial score (nSPS) is 23.2. The van der Waals surface area contributed by atoms with Crippen molar-refractivity contribution >= 4 is 0 Å². The molecule has 0 N–H and O–H groups in total. The third-order valence-electron chi connectivity index (χ3n) is 5.93. The Kier molecular flexibility index (Phi) is 5.22. The van der Waals surface area contributed by atoms with Crippen LogP contribution < -0.4 is 4.74 Å². The maximum Gasteiger partial charge on any atom is 0.232 e. The van der Waals surface area contributed by atoms with Crippen molar-refractivity contribution in [1.29, 1.82) is 0 Å². The minimum atomic E-state index is 0.316. The molecule has 0 radical (unpaired) electrons. The molecule has 6 nitrogen and oxygen atoms in total. The first kappa shape index (κ1) is 17.5. The Morgan fingerprint density at radius 3 is 2.85 bits per heavy atom. The molecule has 2 saturated heterocycles. The zero-order chi connectivity index (χ0) is 17.8. The topological polar surface area (TPSA) is 60.6 Å². The SMILES string of the molecule is Cc1ccc(CN2CCC3(CCOCC3COc3cnccn3)CC2)o1. The Labute approximate surface area is 154 Å². The predicted octanol–water partition coefficient (Wildman–Crippen LogP) is 3.08. The molecule has 2 aromatic rings. The number of piperidine rings is 1. The van der Waals surface area contributed by atoms with Crippen molar-refractivity contribution in [1.82, 2.24) is 14.9 Å². The van der Waals surface area contributed by atoms with E-state index in [0.29, 0.717) is 23.8 Å². The highest BCUT2D eigenvalue weighted by molar-refractivity contribution is 5.06. The molecule has 0 aliphatic carbocycles. The summed E-state index contributed by atoms with van der Waals surface area (Å²) in [4.78, 5) is 10.8. The molecule has 0 aromatic carbocycles. The van der Waals surface area contributed by atoms with Crippen molar-refractivity contribution in [3.63, 3.8) is 0 Å². The standard InChI is InChI=1S/C20H27N3O3/c1-16-2-3-18(26-16)13-23-9-4-20(5-10-23)6-11-24-14-17(20)15-25-19-12-21-7-8-22-19/h2-3,7-8,12,17H,4-6,9-11,13-15H2,1H3. The van der Waals surface area contributed by atoms with Crippen LogP contribution in [0.4, 0.5) is 0 Å². The summed E-state index contributed by atoms with van der Waals surface area (Å²) in [5, 5.41) is 0. The molecule has 2 aliphatic rings. The van der Waals surface area contributed by atoms with Crippen molar-refractivity contribution in [3.8, 4) is 5.88 Å². The van der Waals surface area contributed by atoms with Gasteiger partial charge in [0.2, 0.25) is 5.88 Å². The average Bonchev–Trinajstić information content (AvgIpc) is 3.09. The summed E-state index contributed by atoms with van der Waals surface area (Å²) in [5.74, 6) is 3.05. The third kappa shape index (κ3) is 3.91. The lowest BCUT2D eigenvalue weighted by Crippen LogP contribution is -2.49. The second kappa shape index (κ2) is 7.76. The van der Waals surface area contributed by atoms with E-state index >= 15 is 0 Å². The van der Waals surface area contributed by atoms with Gasteiger partial charge in [-0.05, 0) is 56.8 Å². The van der Waals surface area contributed by atoms with Crippen molar-refractivity contribution in [3.05, 3.63) is 42.2 Å². The van der Waals surface area contributed by atoms with E-state index in [1.165, 1.54) is 12.8 Å². The summed E-state index contributed by atoms with van der Waals surface area (Å²) in [7, 11) is 0. The molecule has 0 amide bonds. The number of likely N-dealkylation sites (tertiary alicyclic amines) is 1. The van der Waals surface area contributed by atoms with Crippen LogP contribution in [0.3, 0.4) is 0 Å². The molecule has 6 heteroatoms. The van der Waals surface area contributed by atoms with Crippen molar-refractivity contribution in [2.24, 2.45) is 11.3 Å². The van der Waals surface area contributed by atoms with Crippen molar-refractivity contribution in [2.75, 3.05) is 32.9 Å². The van der Waals surface area contributed by atoms with Crippen LogP contribution >= 0.6 is 0 Å². The Morgan fingerprint density at radius 2 is 2.12 bits per heavy atom. The molecule has 0 saturated carbocycles. The first-order valence-electron chi connectivity index (χ1n) is 9.48. The van der Waals surface area contributed by atoms with E-state index in [4.69, 9.17) is 13.9 Å². The van der Waals surface area contributed by atoms with Gasteiger partial charge in [-0.2, -0.15) is 0 Å². The molecule has 2 fully saturated rings. The molecular formula is C20H27N3O3. The zero-order valence-corrected chi connectivity index (χ0v) is 15.4. The summed E-state index contributed by atoms with van der Waals surface area (Å²) in [6.07, 6.45) is 8.49. The third-order valence-corrected chi connectivity index (χ3v) is 5.93. The predicted molar refractivity (Wildman–Crippen MR) is 96.8 cm³/mol. The molecule has 4 heterocycles. The van der Waals surface area contributed by atoms with Crippen LogP contribution in [0.2, 0.25) is 0 Å². The summed E-state index contributed by atoms with van der Waals surface area (Å²) < 4.78 is 17.4. The fraction of sp³-hybridized carbons (Fsp3) is 0.600. The Morgan fingerprint density at radius 1 is 1.23 bits per heavy atom. The lowest BCUT2D eigenvalue weighted by atomic mass is 9.66. The number of aryl methyl sites for hydroxylation is 1. The number of aromatic nitrogens is 2. The highest BCUT2D eigenvalue weighted by atomic mass is 16.5. The Bertz CT molecular complexity index is 695. The molecule has 1 atom stereocenters. The minimum absolute atomic E-state index is 0.316. The van der Waals surface area contributed by atoms with E-state index in [-0.39, 0.29) is 0 Å². The highest BCUT2D eigenvalue weighted by Crippen LogP contribution is 2.45. The van der Waals surface area contributed by atoms with Crippen molar-refractivity contribution < 1.29 is 13.9 Å². The van der Waals surface area contributed by atoms with E-state index < -0.39 is 0 Å².